The van der Waals surface area contributed by atoms with Crippen molar-refractivity contribution in [2.75, 3.05) is 0 Å². The minimum Gasteiger partial charge on any atom is -0.875 e. The van der Waals surface area contributed by atoms with Crippen LogP contribution in [0.15, 0.2) is 11.8 Å². The number of allylic oxidation sites excluding steroid dienone is 2. The van der Waals surface area contributed by atoms with Crippen LogP contribution in [0.2, 0.25) is 0 Å². The first kappa shape index (κ1) is 22.2. The summed E-state index contributed by atoms with van der Waals surface area (Å²) >= 11 is 0. The molecule has 0 amide bonds. The van der Waals surface area contributed by atoms with Crippen LogP contribution in [-0.4, -0.2) is 11.8 Å². The average molecular weight is 262 g/mol. The normalized spacial score (nSPS) is 11.0. The number of carbonyl (C=O) groups is 2. The molecule has 0 bridgehead atoms. The van der Waals surface area contributed by atoms with Gasteiger partial charge in [0.25, 0.3) is 0 Å². The van der Waals surface area contributed by atoms with E-state index in [9.17, 15) is 19.8 Å². The fourth-order valence-electron chi connectivity index (χ4n) is 0.556. The van der Waals surface area contributed by atoms with E-state index in [1.54, 1.807) is 20.8 Å². The monoisotopic (exact) mass is 262 g/mol. The number of carbonyl (C=O) groups excluding carboxylic acids is 2. The first-order valence-electron chi connectivity index (χ1n) is 3.85. The van der Waals surface area contributed by atoms with Crippen molar-refractivity contribution in [1.82, 2.24) is 0 Å². The van der Waals surface area contributed by atoms with Gasteiger partial charge in [0.1, 0.15) is 0 Å². The molecule has 0 aromatic carbocycles. The van der Waals surface area contributed by atoms with E-state index in [2.05, 4.69) is 0 Å². The summed E-state index contributed by atoms with van der Waals surface area (Å²) in [7, 11) is 0. The Morgan fingerprint density at radius 3 is 1.80 bits per heavy atom. The van der Waals surface area contributed by atoms with Crippen LogP contribution < -0.4 is 113 Å². The third kappa shape index (κ3) is 12.2. The largest absolute Gasteiger partial charge is 1.00 e. The molecule has 0 aliphatic rings. The fourth-order valence-corrected chi connectivity index (χ4v) is 0.556. The van der Waals surface area contributed by atoms with E-state index in [1.165, 1.54) is 0 Å². The fraction of sp³-hybridized carbons (Fsp3) is 0.556. The SMILES string of the molecule is CC(C)(C)/C([O-])=C/C(=O)CC(=O)[O-].[K+].[K+]. The maximum absolute atomic E-state index is 11.2. The summed E-state index contributed by atoms with van der Waals surface area (Å²) in [6.07, 6.45) is 0.0810. The van der Waals surface area contributed by atoms with Crippen molar-refractivity contribution in [1.29, 1.82) is 0 Å². The summed E-state index contributed by atoms with van der Waals surface area (Å²) in [6.45, 7) is 4.95. The Balaban J connectivity index is -0.000000720. The van der Waals surface area contributed by atoms with E-state index in [-0.39, 0.29) is 109 Å². The zero-order valence-electron chi connectivity index (χ0n) is 9.92. The zero-order valence-corrected chi connectivity index (χ0v) is 16.2. The molecule has 15 heavy (non-hydrogen) atoms. The van der Waals surface area contributed by atoms with Gasteiger partial charge in [-0.1, -0.05) is 20.8 Å². The van der Waals surface area contributed by atoms with E-state index in [4.69, 9.17) is 0 Å². The molecule has 0 aliphatic heterocycles. The Labute approximate surface area is 175 Å². The van der Waals surface area contributed by atoms with Crippen molar-refractivity contribution < 1.29 is 123 Å². The van der Waals surface area contributed by atoms with Crippen molar-refractivity contribution in [2.45, 2.75) is 27.2 Å². The van der Waals surface area contributed by atoms with Gasteiger partial charge in [0.2, 0.25) is 0 Å². The summed E-state index contributed by atoms with van der Waals surface area (Å²) in [5.74, 6) is -2.57. The van der Waals surface area contributed by atoms with Crippen LogP contribution >= 0.6 is 0 Å². The predicted octanol–water partition coefficient (Wildman–Crippen LogP) is -7.01. The molecule has 0 N–H and O–H groups in total. The van der Waals surface area contributed by atoms with Gasteiger partial charge in [0.05, 0.1) is 6.42 Å². The van der Waals surface area contributed by atoms with Crippen LogP contribution in [0.1, 0.15) is 27.2 Å². The summed E-state index contributed by atoms with van der Waals surface area (Å²) < 4.78 is 0. The van der Waals surface area contributed by atoms with Crippen LogP contribution in [-0.2, 0) is 9.59 Å². The molecule has 0 saturated carbocycles. The van der Waals surface area contributed by atoms with Crippen molar-refractivity contribution in [3.05, 3.63) is 11.8 Å². The molecule has 0 aromatic heterocycles. The standard InChI is InChI=1S/C9H14O4.2K/c1-9(2,3)7(11)4-6(10)5-8(12)13;;/h4,11H,5H2,1-3H3,(H,12,13);;/q;2*+1/p-2/b7-4-;;. The quantitative estimate of drug-likeness (QED) is 0.219. The molecule has 0 rings (SSSR count). The van der Waals surface area contributed by atoms with Gasteiger partial charge in [0, 0.05) is 5.97 Å². The number of rotatable bonds is 3. The van der Waals surface area contributed by atoms with E-state index >= 15 is 0 Å². The number of carboxylic acid groups (broad SMARTS) is 1. The molecule has 74 valence electrons. The molecule has 0 radical (unpaired) electrons. The summed E-state index contributed by atoms with van der Waals surface area (Å²) in [5.41, 5.74) is -0.651. The molecule has 0 spiro atoms. The summed E-state index contributed by atoms with van der Waals surface area (Å²) in [5, 5.41) is 21.1. The third-order valence-electron chi connectivity index (χ3n) is 1.35. The van der Waals surface area contributed by atoms with Gasteiger partial charge >= 0.3 is 103 Å². The van der Waals surface area contributed by atoms with Gasteiger partial charge in [-0.05, 0) is 11.5 Å². The minimum atomic E-state index is -1.47. The van der Waals surface area contributed by atoms with E-state index < -0.39 is 23.6 Å². The molecule has 6 heteroatoms. The zero-order chi connectivity index (χ0) is 10.6. The molecule has 0 heterocycles. The molecule has 0 saturated heterocycles. The number of hydrogen-bond donors (Lipinski definition) is 0. The Hall–Kier alpha value is 1.95. The maximum Gasteiger partial charge on any atom is 1.00 e. The van der Waals surface area contributed by atoms with E-state index in [0.29, 0.717) is 0 Å². The van der Waals surface area contributed by atoms with Gasteiger partial charge < -0.3 is 15.0 Å². The minimum absolute atomic E-state index is 0. The number of carboxylic acids is 1. The molecule has 4 nitrogen and oxygen atoms in total. The Bertz CT molecular complexity index is 253. The van der Waals surface area contributed by atoms with Crippen LogP contribution in [0.4, 0.5) is 0 Å². The number of hydrogen-bond acceptors (Lipinski definition) is 4. The van der Waals surface area contributed by atoms with Gasteiger partial charge in [-0.25, -0.2) is 0 Å². The van der Waals surface area contributed by atoms with Gasteiger partial charge in [-0.2, -0.15) is 0 Å². The van der Waals surface area contributed by atoms with Crippen molar-refractivity contribution >= 4 is 11.8 Å². The first-order valence-corrected chi connectivity index (χ1v) is 3.85. The summed E-state index contributed by atoms with van der Waals surface area (Å²) in [6, 6.07) is 0. The van der Waals surface area contributed by atoms with Crippen molar-refractivity contribution in [2.24, 2.45) is 5.41 Å². The van der Waals surface area contributed by atoms with Crippen LogP contribution in [0.25, 0.3) is 0 Å². The average Bonchev–Trinajstić information content (AvgIpc) is 1.82. The third-order valence-corrected chi connectivity index (χ3v) is 1.35. The molecule has 0 fully saturated rings. The van der Waals surface area contributed by atoms with E-state index in [1.807, 2.05) is 0 Å². The van der Waals surface area contributed by atoms with Crippen LogP contribution in [0.5, 0.6) is 0 Å². The van der Waals surface area contributed by atoms with Crippen LogP contribution in [0.3, 0.4) is 0 Å². The van der Waals surface area contributed by atoms with Gasteiger partial charge in [-0.3, -0.25) is 4.79 Å². The van der Waals surface area contributed by atoms with Gasteiger partial charge in [-0.15, -0.1) is 5.76 Å². The second kappa shape index (κ2) is 9.93. The smallest absolute Gasteiger partial charge is 0.875 e. The number of aliphatic carboxylic acids is 1. The molecule has 0 unspecified atom stereocenters. The molecule has 0 atom stereocenters. The molecule has 0 aromatic rings. The van der Waals surface area contributed by atoms with Crippen LogP contribution in [0, 0.1) is 5.41 Å². The summed E-state index contributed by atoms with van der Waals surface area (Å²) in [4.78, 5) is 20.8. The molecular formula is C9H12K2O4. The Morgan fingerprint density at radius 1 is 1.13 bits per heavy atom. The topological polar surface area (TPSA) is 80.3 Å². The molecule has 0 aliphatic carbocycles. The van der Waals surface area contributed by atoms with Crippen molar-refractivity contribution in [3.8, 4) is 0 Å². The number of ketones is 1. The van der Waals surface area contributed by atoms with Gasteiger partial charge in [0.15, 0.2) is 5.78 Å². The Morgan fingerprint density at radius 2 is 1.53 bits per heavy atom. The predicted molar refractivity (Wildman–Crippen MR) is 42.2 cm³/mol. The second-order valence-corrected chi connectivity index (χ2v) is 3.77. The maximum atomic E-state index is 11.2. The van der Waals surface area contributed by atoms with Crippen molar-refractivity contribution in [3.63, 3.8) is 0 Å². The first-order chi connectivity index (χ1) is 5.73. The van der Waals surface area contributed by atoms with E-state index in [0.717, 1.165) is 6.08 Å². The molecular weight excluding hydrogens is 250 g/mol. The Kier molecular flexibility index (Phi) is 14.7. The second-order valence-electron chi connectivity index (χ2n) is 3.77.